The van der Waals surface area contributed by atoms with Crippen LogP contribution in [0.4, 0.5) is 4.39 Å². The van der Waals surface area contributed by atoms with Gasteiger partial charge in [-0.05, 0) is 76.1 Å². The number of aryl methyl sites for hydroxylation is 2. The molecule has 1 saturated carbocycles. The van der Waals surface area contributed by atoms with Gasteiger partial charge in [0.15, 0.2) is 0 Å². The minimum absolute atomic E-state index is 0.0768. The summed E-state index contributed by atoms with van der Waals surface area (Å²) in [5, 5.41) is 0.723. The lowest BCUT2D eigenvalue weighted by molar-refractivity contribution is 0.0615. The number of aromatic nitrogens is 1. The quantitative estimate of drug-likeness (QED) is 0.600. The summed E-state index contributed by atoms with van der Waals surface area (Å²) in [6.45, 7) is 10.1. The average Bonchev–Trinajstić information content (AvgIpc) is 3.48. The number of amides is 1. The molecule has 2 aromatic rings. The van der Waals surface area contributed by atoms with Gasteiger partial charge < -0.3 is 4.90 Å². The van der Waals surface area contributed by atoms with E-state index in [9.17, 15) is 9.18 Å². The summed E-state index contributed by atoms with van der Waals surface area (Å²) < 4.78 is 13.7. The Morgan fingerprint density at radius 1 is 1.23 bits per heavy atom. The summed E-state index contributed by atoms with van der Waals surface area (Å²) in [7, 11) is 0. The fourth-order valence-electron chi connectivity index (χ4n) is 4.45. The van der Waals surface area contributed by atoms with Crippen LogP contribution in [0.2, 0.25) is 0 Å². The molecule has 0 N–H and O–H groups in total. The summed E-state index contributed by atoms with van der Waals surface area (Å²) in [5.74, 6) is 0.704. The summed E-state index contributed by atoms with van der Waals surface area (Å²) >= 11 is 1.39. The van der Waals surface area contributed by atoms with E-state index in [1.54, 1.807) is 6.07 Å². The largest absolute Gasteiger partial charge is 0.338 e. The molecule has 0 spiro atoms. The SMILES string of the molecule is CCCN(CC1CC1)C1CCN(C(=O)c2sc(-c3cc(F)ccc3C)nc2C)CC1. The van der Waals surface area contributed by atoms with Crippen molar-refractivity contribution in [2.24, 2.45) is 5.92 Å². The molecule has 1 aliphatic heterocycles. The lowest BCUT2D eigenvalue weighted by Gasteiger charge is -2.38. The molecule has 2 heterocycles. The third-order valence-corrected chi connectivity index (χ3v) is 7.57. The van der Waals surface area contributed by atoms with E-state index in [0.29, 0.717) is 10.9 Å². The first-order chi connectivity index (χ1) is 14.5. The standard InChI is InChI=1S/C24H32FN3OS/c1-4-11-28(15-18-6-7-18)20-9-12-27(13-10-20)24(29)22-17(3)26-23(30-22)21-14-19(25)8-5-16(21)2/h5,8,14,18,20H,4,6-7,9-13,15H2,1-3H3. The fraction of sp³-hybridized carbons (Fsp3) is 0.583. The summed E-state index contributed by atoms with van der Waals surface area (Å²) in [5.41, 5.74) is 2.49. The Bertz CT molecular complexity index is 900. The van der Waals surface area contributed by atoms with E-state index in [4.69, 9.17) is 0 Å². The highest BCUT2D eigenvalue weighted by Crippen LogP contribution is 2.33. The Hall–Kier alpha value is -1.79. The number of hydrogen-bond donors (Lipinski definition) is 0. The minimum atomic E-state index is -0.277. The van der Waals surface area contributed by atoms with E-state index < -0.39 is 0 Å². The Balaban J connectivity index is 1.43. The van der Waals surface area contributed by atoms with Crippen LogP contribution in [0, 0.1) is 25.6 Å². The molecule has 2 aliphatic rings. The Morgan fingerprint density at radius 3 is 2.63 bits per heavy atom. The topological polar surface area (TPSA) is 36.4 Å². The van der Waals surface area contributed by atoms with Crippen LogP contribution in [0.15, 0.2) is 18.2 Å². The monoisotopic (exact) mass is 429 g/mol. The average molecular weight is 430 g/mol. The number of carbonyl (C=O) groups is 1. The number of hydrogen-bond acceptors (Lipinski definition) is 4. The second kappa shape index (κ2) is 9.15. The zero-order valence-corrected chi connectivity index (χ0v) is 19.1. The molecule has 162 valence electrons. The molecule has 2 fully saturated rings. The molecule has 6 heteroatoms. The molecule has 1 aromatic carbocycles. The van der Waals surface area contributed by atoms with Crippen LogP contribution in [-0.4, -0.2) is 52.9 Å². The summed E-state index contributed by atoms with van der Waals surface area (Å²) in [6.07, 6.45) is 6.05. The minimum Gasteiger partial charge on any atom is -0.338 e. The van der Waals surface area contributed by atoms with Crippen molar-refractivity contribution in [3.8, 4) is 10.6 Å². The third-order valence-electron chi connectivity index (χ3n) is 6.39. The number of halogens is 1. The van der Waals surface area contributed by atoms with Gasteiger partial charge >= 0.3 is 0 Å². The van der Waals surface area contributed by atoms with Crippen molar-refractivity contribution >= 4 is 17.2 Å². The van der Waals surface area contributed by atoms with E-state index in [0.717, 1.165) is 53.7 Å². The maximum Gasteiger partial charge on any atom is 0.265 e. The Kier molecular flexibility index (Phi) is 6.54. The van der Waals surface area contributed by atoms with Gasteiger partial charge in [0.1, 0.15) is 15.7 Å². The molecule has 0 atom stereocenters. The molecular formula is C24H32FN3OS. The van der Waals surface area contributed by atoms with E-state index in [1.165, 1.54) is 55.8 Å². The van der Waals surface area contributed by atoms with Gasteiger partial charge in [-0.2, -0.15) is 0 Å². The predicted octanol–water partition coefficient (Wildman–Crippen LogP) is 5.29. The number of likely N-dealkylation sites (tertiary alicyclic amines) is 1. The smallest absolute Gasteiger partial charge is 0.265 e. The van der Waals surface area contributed by atoms with Crippen LogP contribution in [-0.2, 0) is 0 Å². The zero-order chi connectivity index (χ0) is 21.3. The van der Waals surface area contributed by atoms with E-state index in [2.05, 4.69) is 16.8 Å². The van der Waals surface area contributed by atoms with Gasteiger partial charge in [-0.1, -0.05) is 13.0 Å². The van der Waals surface area contributed by atoms with Crippen LogP contribution in [0.3, 0.4) is 0 Å². The van der Waals surface area contributed by atoms with Gasteiger partial charge in [0.2, 0.25) is 0 Å². The molecule has 4 rings (SSSR count). The molecule has 1 aromatic heterocycles. The van der Waals surface area contributed by atoms with Crippen molar-refractivity contribution in [1.82, 2.24) is 14.8 Å². The van der Waals surface area contributed by atoms with Crippen molar-refractivity contribution in [3.63, 3.8) is 0 Å². The first kappa shape index (κ1) is 21.4. The van der Waals surface area contributed by atoms with Gasteiger partial charge in [0, 0.05) is 31.2 Å². The van der Waals surface area contributed by atoms with Crippen molar-refractivity contribution in [2.75, 3.05) is 26.2 Å². The van der Waals surface area contributed by atoms with Gasteiger partial charge in [-0.25, -0.2) is 9.37 Å². The molecular weight excluding hydrogens is 397 g/mol. The third kappa shape index (κ3) is 4.75. The first-order valence-corrected chi connectivity index (χ1v) is 12.0. The Morgan fingerprint density at radius 2 is 1.97 bits per heavy atom. The van der Waals surface area contributed by atoms with Crippen molar-refractivity contribution in [2.45, 2.75) is 58.9 Å². The zero-order valence-electron chi connectivity index (χ0n) is 18.3. The van der Waals surface area contributed by atoms with Crippen LogP contribution in [0.1, 0.15) is 60.0 Å². The molecule has 1 aliphatic carbocycles. The maximum atomic E-state index is 13.7. The van der Waals surface area contributed by atoms with Gasteiger partial charge in [-0.15, -0.1) is 11.3 Å². The van der Waals surface area contributed by atoms with Crippen LogP contribution < -0.4 is 0 Å². The first-order valence-electron chi connectivity index (χ1n) is 11.2. The van der Waals surface area contributed by atoms with Crippen LogP contribution >= 0.6 is 11.3 Å². The molecule has 0 radical (unpaired) electrons. The van der Waals surface area contributed by atoms with E-state index in [1.807, 2.05) is 18.7 Å². The van der Waals surface area contributed by atoms with Crippen molar-refractivity contribution in [3.05, 3.63) is 40.2 Å². The number of carbonyl (C=O) groups excluding carboxylic acids is 1. The van der Waals surface area contributed by atoms with Gasteiger partial charge in [-0.3, -0.25) is 9.69 Å². The van der Waals surface area contributed by atoms with E-state index >= 15 is 0 Å². The molecule has 1 amide bonds. The van der Waals surface area contributed by atoms with Crippen molar-refractivity contribution in [1.29, 1.82) is 0 Å². The second-order valence-corrected chi connectivity index (χ2v) is 9.85. The lowest BCUT2D eigenvalue weighted by atomic mass is 10.0. The predicted molar refractivity (Wildman–Crippen MR) is 120 cm³/mol. The van der Waals surface area contributed by atoms with Crippen LogP contribution in [0.25, 0.3) is 10.6 Å². The summed E-state index contributed by atoms with van der Waals surface area (Å²) in [6, 6.07) is 5.33. The summed E-state index contributed by atoms with van der Waals surface area (Å²) in [4.78, 5) is 23.2. The molecule has 0 bridgehead atoms. The van der Waals surface area contributed by atoms with Gasteiger partial charge in [0.25, 0.3) is 5.91 Å². The molecule has 1 saturated heterocycles. The number of benzene rings is 1. The lowest BCUT2D eigenvalue weighted by Crippen LogP contribution is -2.47. The number of piperidine rings is 1. The second-order valence-electron chi connectivity index (χ2n) is 8.85. The maximum absolute atomic E-state index is 13.7. The molecule has 30 heavy (non-hydrogen) atoms. The Labute approximate surface area is 183 Å². The number of rotatable bonds is 7. The highest BCUT2D eigenvalue weighted by atomic mass is 32.1. The van der Waals surface area contributed by atoms with Crippen molar-refractivity contribution < 1.29 is 9.18 Å². The molecule has 4 nitrogen and oxygen atoms in total. The molecule has 0 unspecified atom stereocenters. The number of thiazole rings is 1. The highest BCUT2D eigenvalue weighted by molar-refractivity contribution is 7.17. The normalized spacial score (nSPS) is 17.7. The fourth-order valence-corrected chi connectivity index (χ4v) is 5.57. The van der Waals surface area contributed by atoms with E-state index in [-0.39, 0.29) is 11.7 Å². The number of nitrogens with zero attached hydrogens (tertiary/aromatic N) is 3. The van der Waals surface area contributed by atoms with Crippen LogP contribution in [0.5, 0.6) is 0 Å². The highest BCUT2D eigenvalue weighted by Gasteiger charge is 2.32. The van der Waals surface area contributed by atoms with Gasteiger partial charge in [0.05, 0.1) is 5.69 Å².